The van der Waals surface area contributed by atoms with Gasteiger partial charge in [0, 0.05) is 6.54 Å². The Balaban J connectivity index is 0.00000288. The van der Waals surface area contributed by atoms with Gasteiger partial charge >= 0.3 is 0 Å². The zero-order valence-electron chi connectivity index (χ0n) is 14.8. The molecule has 1 heterocycles. The fourth-order valence-electron chi connectivity index (χ4n) is 2.87. The van der Waals surface area contributed by atoms with E-state index in [9.17, 15) is 0 Å². The smallest absolute Gasteiger partial charge is 0.213 e. The van der Waals surface area contributed by atoms with E-state index in [0.717, 1.165) is 17.5 Å². The van der Waals surface area contributed by atoms with Crippen molar-refractivity contribution >= 4 is 23.5 Å². The van der Waals surface area contributed by atoms with Crippen molar-refractivity contribution in [3.63, 3.8) is 0 Å². The lowest BCUT2D eigenvalue weighted by Gasteiger charge is -2.02. The number of benzene rings is 1. The summed E-state index contributed by atoms with van der Waals surface area (Å²) < 4.78 is 5.65. The molecule has 1 aromatic heterocycles. The maximum Gasteiger partial charge on any atom is 0.213 e. The second kappa shape index (κ2) is 11.5. The van der Waals surface area contributed by atoms with E-state index in [0.29, 0.717) is 12.4 Å². The van der Waals surface area contributed by atoms with E-state index in [1.807, 2.05) is 6.07 Å². The first-order valence-corrected chi connectivity index (χ1v) is 9.09. The SMILES string of the molecule is CCCCCCCCCCc1ccc2oc(C(N)CN)nc2c1.Cl. The normalized spacial score (nSPS) is 12.3. The quantitative estimate of drug-likeness (QED) is 0.563. The number of rotatable bonds is 11. The van der Waals surface area contributed by atoms with E-state index >= 15 is 0 Å². The lowest BCUT2D eigenvalue weighted by atomic mass is 10.0. The van der Waals surface area contributed by atoms with Crippen LogP contribution in [0.1, 0.15) is 75.8 Å². The van der Waals surface area contributed by atoms with Crippen molar-refractivity contribution in [2.75, 3.05) is 6.54 Å². The second-order valence-corrected chi connectivity index (χ2v) is 6.42. The summed E-state index contributed by atoms with van der Waals surface area (Å²) in [5, 5.41) is 0. The first kappa shape index (κ1) is 20.9. The summed E-state index contributed by atoms with van der Waals surface area (Å²) in [6.07, 6.45) is 11.9. The summed E-state index contributed by atoms with van der Waals surface area (Å²) in [5.74, 6) is 0.534. The molecule has 24 heavy (non-hydrogen) atoms. The van der Waals surface area contributed by atoms with Crippen LogP contribution in [-0.2, 0) is 6.42 Å². The highest BCUT2D eigenvalue weighted by Gasteiger charge is 2.12. The molecule has 0 aliphatic carbocycles. The summed E-state index contributed by atoms with van der Waals surface area (Å²) >= 11 is 0. The Morgan fingerprint density at radius 1 is 1.04 bits per heavy atom. The van der Waals surface area contributed by atoms with Crippen molar-refractivity contribution in [1.82, 2.24) is 4.98 Å². The van der Waals surface area contributed by atoms with Crippen LogP contribution in [0.25, 0.3) is 11.1 Å². The summed E-state index contributed by atoms with van der Waals surface area (Å²) in [4.78, 5) is 4.46. The number of nitrogens with zero attached hydrogens (tertiary/aromatic N) is 1. The molecular weight excluding hydrogens is 322 g/mol. The molecule has 2 aromatic rings. The predicted molar refractivity (Wildman–Crippen MR) is 104 cm³/mol. The van der Waals surface area contributed by atoms with Crippen molar-refractivity contribution in [2.45, 2.75) is 70.8 Å². The van der Waals surface area contributed by atoms with Gasteiger partial charge in [0.2, 0.25) is 5.89 Å². The molecule has 0 amide bonds. The molecule has 5 heteroatoms. The van der Waals surface area contributed by atoms with Crippen LogP contribution in [0.4, 0.5) is 0 Å². The number of hydrogen-bond donors (Lipinski definition) is 2. The monoisotopic (exact) mass is 353 g/mol. The predicted octanol–water partition coefficient (Wildman–Crippen LogP) is 4.89. The highest BCUT2D eigenvalue weighted by Crippen LogP contribution is 2.21. The minimum Gasteiger partial charge on any atom is -0.439 e. The lowest BCUT2D eigenvalue weighted by Crippen LogP contribution is -2.20. The Kier molecular flexibility index (Phi) is 9.99. The molecule has 0 aliphatic rings. The molecule has 1 unspecified atom stereocenters. The van der Waals surface area contributed by atoms with E-state index in [4.69, 9.17) is 15.9 Å². The first-order valence-electron chi connectivity index (χ1n) is 9.09. The average molecular weight is 354 g/mol. The highest BCUT2D eigenvalue weighted by atomic mass is 35.5. The molecule has 0 fully saturated rings. The van der Waals surface area contributed by atoms with Crippen LogP contribution in [0.15, 0.2) is 22.6 Å². The number of halogens is 1. The number of hydrogen-bond acceptors (Lipinski definition) is 4. The highest BCUT2D eigenvalue weighted by molar-refractivity contribution is 5.85. The Morgan fingerprint density at radius 3 is 2.38 bits per heavy atom. The number of oxazole rings is 1. The molecule has 0 radical (unpaired) electrons. The lowest BCUT2D eigenvalue weighted by molar-refractivity contribution is 0.480. The van der Waals surface area contributed by atoms with Gasteiger partial charge in [0.1, 0.15) is 5.52 Å². The van der Waals surface area contributed by atoms with Crippen LogP contribution >= 0.6 is 12.4 Å². The van der Waals surface area contributed by atoms with E-state index in [-0.39, 0.29) is 18.4 Å². The zero-order chi connectivity index (χ0) is 16.5. The molecule has 4 N–H and O–H groups in total. The van der Waals surface area contributed by atoms with Gasteiger partial charge in [0.15, 0.2) is 5.58 Å². The van der Waals surface area contributed by atoms with Gasteiger partial charge in [-0.3, -0.25) is 0 Å². The fraction of sp³-hybridized carbons (Fsp3) is 0.632. The molecule has 0 spiro atoms. The molecule has 0 saturated heterocycles. The summed E-state index contributed by atoms with van der Waals surface area (Å²) in [6, 6.07) is 5.92. The Labute approximate surface area is 151 Å². The van der Waals surface area contributed by atoms with Crippen molar-refractivity contribution in [2.24, 2.45) is 11.5 Å². The van der Waals surface area contributed by atoms with Crippen LogP contribution in [-0.4, -0.2) is 11.5 Å². The topological polar surface area (TPSA) is 78.1 Å². The number of unbranched alkanes of at least 4 members (excludes halogenated alkanes) is 7. The maximum atomic E-state index is 5.87. The number of nitrogens with two attached hydrogens (primary N) is 2. The molecule has 136 valence electrons. The third-order valence-corrected chi connectivity index (χ3v) is 4.36. The summed E-state index contributed by atoms with van der Waals surface area (Å²) in [6.45, 7) is 2.61. The standard InChI is InChI=1S/C19H31N3O.ClH/c1-2-3-4-5-6-7-8-9-10-15-11-12-18-17(13-15)22-19(23-18)16(21)14-20;/h11-13,16H,2-10,14,20-21H2,1H3;1H. The van der Waals surface area contributed by atoms with Gasteiger partial charge in [-0.15, -0.1) is 12.4 Å². The Hall–Kier alpha value is -1.10. The van der Waals surface area contributed by atoms with Crippen LogP contribution < -0.4 is 11.5 Å². The third-order valence-electron chi connectivity index (χ3n) is 4.36. The number of aryl methyl sites for hydroxylation is 1. The molecule has 0 saturated carbocycles. The van der Waals surface area contributed by atoms with Crippen molar-refractivity contribution in [3.05, 3.63) is 29.7 Å². The maximum absolute atomic E-state index is 5.87. The van der Waals surface area contributed by atoms with E-state index in [2.05, 4.69) is 24.0 Å². The number of fused-ring (bicyclic) bond motifs is 1. The molecule has 0 aliphatic heterocycles. The van der Waals surface area contributed by atoms with Crippen molar-refractivity contribution < 1.29 is 4.42 Å². The minimum absolute atomic E-state index is 0. The summed E-state index contributed by atoms with van der Waals surface area (Å²) in [5.41, 5.74) is 14.4. The van der Waals surface area contributed by atoms with Gasteiger partial charge in [-0.25, -0.2) is 4.98 Å². The van der Waals surface area contributed by atoms with Gasteiger partial charge in [0.25, 0.3) is 0 Å². The molecule has 1 atom stereocenters. The van der Waals surface area contributed by atoms with E-state index < -0.39 is 0 Å². The van der Waals surface area contributed by atoms with Gasteiger partial charge in [-0.2, -0.15) is 0 Å². The third kappa shape index (κ3) is 6.42. The molecule has 4 nitrogen and oxygen atoms in total. The average Bonchev–Trinajstić information content (AvgIpc) is 2.99. The molecular formula is C19H32ClN3O. The van der Waals surface area contributed by atoms with E-state index in [1.54, 1.807) is 0 Å². The van der Waals surface area contributed by atoms with Gasteiger partial charge < -0.3 is 15.9 Å². The zero-order valence-corrected chi connectivity index (χ0v) is 15.6. The first-order chi connectivity index (χ1) is 11.2. The van der Waals surface area contributed by atoms with Gasteiger partial charge in [0.05, 0.1) is 6.04 Å². The Bertz CT molecular complexity index is 585. The van der Waals surface area contributed by atoms with Crippen molar-refractivity contribution in [3.8, 4) is 0 Å². The van der Waals surface area contributed by atoms with Crippen LogP contribution in [0, 0.1) is 0 Å². The Morgan fingerprint density at radius 2 is 1.71 bits per heavy atom. The van der Waals surface area contributed by atoms with Crippen molar-refractivity contribution in [1.29, 1.82) is 0 Å². The molecule has 2 rings (SSSR count). The summed E-state index contributed by atoms with van der Waals surface area (Å²) in [7, 11) is 0. The largest absolute Gasteiger partial charge is 0.439 e. The van der Waals surface area contributed by atoms with Crippen LogP contribution in [0.2, 0.25) is 0 Å². The van der Waals surface area contributed by atoms with Crippen LogP contribution in [0.5, 0.6) is 0 Å². The second-order valence-electron chi connectivity index (χ2n) is 6.42. The fourth-order valence-corrected chi connectivity index (χ4v) is 2.87. The van der Waals surface area contributed by atoms with Gasteiger partial charge in [-0.1, -0.05) is 57.9 Å². The number of aromatic nitrogens is 1. The minimum atomic E-state index is -0.321. The molecule has 1 aromatic carbocycles. The van der Waals surface area contributed by atoms with E-state index in [1.165, 1.54) is 56.9 Å². The van der Waals surface area contributed by atoms with Crippen LogP contribution in [0.3, 0.4) is 0 Å². The van der Waals surface area contributed by atoms with Gasteiger partial charge in [-0.05, 0) is 30.5 Å². The molecule has 0 bridgehead atoms.